The summed E-state index contributed by atoms with van der Waals surface area (Å²) in [6.07, 6.45) is 7.52. The van der Waals surface area contributed by atoms with Gasteiger partial charge in [-0.25, -0.2) is 4.98 Å². The van der Waals surface area contributed by atoms with Gasteiger partial charge in [0.2, 0.25) is 0 Å². The first-order valence-electron chi connectivity index (χ1n) is 7.28. The van der Waals surface area contributed by atoms with Crippen LogP contribution in [0.1, 0.15) is 44.9 Å². The van der Waals surface area contributed by atoms with Gasteiger partial charge >= 0.3 is 0 Å². The summed E-state index contributed by atoms with van der Waals surface area (Å²) >= 11 is 1.62. The van der Waals surface area contributed by atoms with Crippen molar-refractivity contribution in [3.05, 3.63) is 39.2 Å². The molecule has 0 bridgehead atoms. The van der Waals surface area contributed by atoms with E-state index >= 15 is 0 Å². The summed E-state index contributed by atoms with van der Waals surface area (Å²) in [6, 6.07) is 3.84. The summed E-state index contributed by atoms with van der Waals surface area (Å²) in [7, 11) is 0. The number of nitrogen functional groups attached to an aromatic ring is 1. The number of thiophene rings is 1. The van der Waals surface area contributed by atoms with Gasteiger partial charge in [-0.15, -0.1) is 11.3 Å². The molecule has 0 saturated heterocycles. The minimum absolute atomic E-state index is 0.0789. The summed E-state index contributed by atoms with van der Waals surface area (Å²) in [5.74, 6) is 0.472. The van der Waals surface area contributed by atoms with E-state index in [9.17, 15) is 4.79 Å². The molecule has 0 radical (unpaired) electrons. The third-order valence-electron chi connectivity index (χ3n) is 3.86. The highest BCUT2D eigenvalue weighted by atomic mass is 32.1. The predicted octanol–water partition coefficient (Wildman–Crippen LogP) is 3.55. The van der Waals surface area contributed by atoms with Crippen molar-refractivity contribution in [3.8, 4) is 0 Å². The Morgan fingerprint density at radius 3 is 2.90 bits per heavy atom. The molecule has 0 saturated carbocycles. The van der Waals surface area contributed by atoms with E-state index < -0.39 is 0 Å². The Kier molecular flexibility index (Phi) is 3.92. The van der Waals surface area contributed by atoms with Crippen LogP contribution in [-0.4, -0.2) is 10.9 Å². The molecule has 0 fully saturated rings. The molecule has 0 spiro atoms. The van der Waals surface area contributed by atoms with Crippen molar-refractivity contribution in [1.29, 1.82) is 0 Å². The number of carbonyl (C=O) groups excluding carboxylic acids is 1. The van der Waals surface area contributed by atoms with E-state index in [0.29, 0.717) is 11.5 Å². The average molecular weight is 301 g/mol. The number of aromatic nitrogens is 1. The molecule has 2 heterocycles. The zero-order chi connectivity index (χ0) is 14.8. The van der Waals surface area contributed by atoms with Crippen molar-refractivity contribution >= 4 is 28.7 Å². The van der Waals surface area contributed by atoms with Crippen LogP contribution >= 0.6 is 11.3 Å². The van der Waals surface area contributed by atoms with Gasteiger partial charge in [-0.1, -0.05) is 6.42 Å². The molecule has 0 atom stereocenters. The number of amides is 1. The predicted molar refractivity (Wildman–Crippen MR) is 86.9 cm³/mol. The lowest BCUT2D eigenvalue weighted by molar-refractivity contribution is 0.103. The number of pyridine rings is 1. The molecule has 0 unspecified atom stereocenters. The molecule has 3 rings (SSSR count). The molecule has 2 aromatic heterocycles. The number of rotatable bonds is 2. The molecular formula is C16H19N3OS. The van der Waals surface area contributed by atoms with E-state index in [4.69, 9.17) is 5.73 Å². The Hall–Kier alpha value is -1.88. The molecule has 3 N–H and O–H groups in total. The first kappa shape index (κ1) is 14.1. The maximum Gasteiger partial charge on any atom is 0.266 e. The number of nitrogens with zero attached hydrogens (tertiary/aromatic N) is 1. The molecule has 21 heavy (non-hydrogen) atoms. The van der Waals surface area contributed by atoms with Crippen LogP contribution in [0.2, 0.25) is 0 Å². The Morgan fingerprint density at radius 1 is 1.29 bits per heavy atom. The van der Waals surface area contributed by atoms with Crippen LogP contribution < -0.4 is 11.1 Å². The number of fused-ring (bicyclic) bond motifs is 1. The second-order valence-electron chi connectivity index (χ2n) is 5.50. The number of hydrogen-bond donors (Lipinski definition) is 2. The lowest BCUT2D eigenvalue weighted by Gasteiger charge is -2.05. The van der Waals surface area contributed by atoms with E-state index in [1.165, 1.54) is 29.7 Å². The fourth-order valence-electron chi connectivity index (χ4n) is 2.59. The highest BCUT2D eigenvalue weighted by molar-refractivity contribution is 7.14. The smallest absolute Gasteiger partial charge is 0.266 e. The molecule has 2 aromatic rings. The standard InChI is InChI=1S/C16H19N3OS/c1-10-7-15(18-9-12(10)17)19-16(20)14-8-11-5-3-2-4-6-13(11)21-14/h7-9H,2-6,17H2,1H3,(H,18,19,20). The maximum atomic E-state index is 12.3. The molecule has 1 aliphatic carbocycles. The van der Waals surface area contributed by atoms with Gasteiger partial charge in [-0.2, -0.15) is 0 Å². The van der Waals surface area contributed by atoms with E-state index in [0.717, 1.165) is 23.3 Å². The fourth-order valence-corrected chi connectivity index (χ4v) is 3.74. The number of anilines is 2. The first-order chi connectivity index (χ1) is 10.1. The molecule has 1 aliphatic rings. The number of nitrogens with one attached hydrogen (secondary N) is 1. The second kappa shape index (κ2) is 5.85. The van der Waals surface area contributed by atoms with E-state index in [1.54, 1.807) is 23.6 Å². The summed E-state index contributed by atoms with van der Waals surface area (Å²) in [4.78, 5) is 18.6. The molecule has 0 aromatic carbocycles. The normalized spacial score (nSPS) is 14.3. The number of carbonyl (C=O) groups is 1. The molecule has 5 heteroatoms. The maximum absolute atomic E-state index is 12.3. The average Bonchev–Trinajstić information content (AvgIpc) is 2.74. The van der Waals surface area contributed by atoms with Crippen molar-refractivity contribution in [2.45, 2.75) is 39.0 Å². The van der Waals surface area contributed by atoms with Crippen molar-refractivity contribution in [2.75, 3.05) is 11.1 Å². The summed E-state index contributed by atoms with van der Waals surface area (Å²) in [6.45, 7) is 1.90. The van der Waals surface area contributed by atoms with Gasteiger partial charge in [0.1, 0.15) is 5.82 Å². The highest BCUT2D eigenvalue weighted by Crippen LogP contribution is 2.29. The third-order valence-corrected chi connectivity index (χ3v) is 5.10. The van der Waals surface area contributed by atoms with Crippen molar-refractivity contribution in [3.63, 3.8) is 0 Å². The Morgan fingerprint density at radius 2 is 2.10 bits per heavy atom. The Labute approximate surface area is 128 Å². The van der Waals surface area contributed by atoms with Gasteiger partial charge < -0.3 is 11.1 Å². The van der Waals surface area contributed by atoms with E-state index in [2.05, 4.69) is 10.3 Å². The summed E-state index contributed by atoms with van der Waals surface area (Å²) in [5.41, 5.74) is 8.64. The minimum Gasteiger partial charge on any atom is -0.397 e. The lowest BCUT2D eigenvalue weighted by atomic mass is 10.1. The van der Waals surface area contributed by atoms with Gasteiger partial charge in [0.15, 0.2) is 0 Å². The van der Waals surface area contributed by atoms with Crippen LogP contribution in [-0.2, 0) is 12.8 Å². The van der Waals surface area contributed by atoms with E-state index in [-0.39, 0.29) is 5.91 Å². The summed E-state index contributed by atoms with van der Waals surface area (Å²) < 4.78 is 0. The number of nitrogens with two attached hydrogens (primary N) is 1. The van der Waals surface area contributed by atoms with Crippen LogP contribution in [0.5, 0.6) is 0 Å². The topological polar surface area (TPSA) is 68.0 Å². The third kappa shape index (κ3) is 3.08. The Balaban J connectivity index is 1.77. The van der Waals surface area contributed by atoms with Crippen LogP contribution in [0.4, 0.5) is 11.5 Å². The largest absolute Gasteiger partial charge is 0.397 e. The molecule has 0 aliphatic heterocycles. The molecular weight excluding hydrogens is 282 g/mol. The monoisotopic (exact) mass is 301 g/mol. The Bertz CT molecular complexity index is 655. The molecule has 1 amide bonds. The van der Waals surface area contributed by atoms with Crippen LogP contribution in [0.15, 0.2) is 18.3 Å². The molecule has 110 valence electrons. The lowest BCUT2D eigenvalue weighted by Crippen LogP contribution is -2.11. The van der Waals surface area contributed by atoms with E-state index in [1.807, 2.05) is 13.0 Å². The van der Waals surface area contributed by atoms with Crippen LogP contribution in [0, 0.1) is 6.92 Å². The number of aryl methyl sites for hydroxylation is 3. The van der Waals surface area contributed by atoms with Gasteiger partial charge in [0.25, 0.3) is 5.91 Å². The quantitative estimate of drug-likeness (QED) is 0.833. The fraction of sp³-hybridized carbons (Fsp3) is 0.375. The van der Waals surface area contributed by atoms with Crippen molar-refractivity contribution < 1.29 is 4.79 Å². The number of hydrogen-bond acceptors (Lipinski definition) is 4. The van der Waals surface area contributed by atoms with Crippen molar-refractivity contribution in [1.82, 2.24) is 4.98 Å². The van der Waals surface area contributed by atoms with Gasteiger partial charge in [0.05, 0.1) is 16.8 Å². The minimum atomic E-state index is -0.0789. The second-order valence-corrected chi connectivity index (χ2v) is 6.64. The summed E-state index contributed by atoms with van der Waals surface area (Å²) in [5, 5.41) is 2.86. The highest BCUT2D eigenvalue weighted by Gasteiger charge is 2.16. The van der Waals surface area contributed by atoms with Gasteiger partial charge in [0, 0.05) is 4.88 Å². The zero-order valence-electron chi connectivity index (χ0n) is 12.1. The van der Waals surface area contributed by atoms with Crippen molar-refractivity contribution in [2.24, 2.45) is 0 Å². The van der Waals surface area contributed by atoms with Crippen LogP contribution in [0.3, 0.4) is 0 Å². The zero-order valence-corrected chi connectivity index (χ0v) is 12.9. The van der Waals surface area contributed by atoms with Crippen LogP contribution in [0.25, 0.3) is 0 Å². The SMILES string of the molecule is Cc1cc(NC(=O)c2cc3c(s2)CCCCC3)ncc1N. The van der Waals surface area contributed by atoms with Gasteiger partial charge in [-0.3, -0.25) is 4.79 Å². The van der Waals surface area contributed by atoms with Gasteiger partial charge in [-0.05, 0) is 55.9 Å². The molecule has 4 nitrogen and oxygen atoms in total. The first-order valence-corrected chi connectivity index (χ1v) is 8.10.